The van der Waals surface area contributed by atoms with Gasteiger partial charge in [-0.2, -0.15) is 0 Å². The molecule has 0 saturated heterocycles. The van der Waals surface area contributed by atoms with Crippen molar-refractivity contribution >= 4 is 23.4 Å². The average molecular weight is 451 g/mol. The maximum absolute atomic E-state index is 12.6. The van der Waals surface area contributed by atoms with Gasteiger partial charge in [-0.1, -0.05) is 56.8 Å². The fraction of sp³-hybridized carbons (Fsp3) is 0.370. The molecule has 170 valence electrons. The molecule has 0 fully saturated rings. The van der Waals surface area contributed by atoms with Crippen LogP contribution >= 0.6 is 11.8 Å². The summed E-state index contributed by atoms with van der Waals surface area (Å²) < 4.78 is 5.85. The molecule has 0 aliphatic heterocycles. The molecule has 1 N–H and O–H groups in total. The van der Waals surface area contributed by atoms with Crippen LogP contribution in [-0.2, 0) is 5.41 Å². The van der Waals surface area contributed by atoms with E-state index in [2.05, 4.69) is 94.2 Å². The van der Waals surface area contributed by atoms with Gasteiger partial charge in [-0.15, -0.1) is 0 Å². The molecule has 0 aliphatic rings. The Labute approximate surface area is 196 Å². The largest absolute Gasteiger partial charge is 0.444 e. The number of aryl methyl sites for hydroxylation is 2. The molecule has 1 heterocycles. The molecule has 2 aromatic carbocycles. The number of carbonyl (C=O) groups is 1. The van der Waals surface area contributed by atoms with E-state index in [1.54, 1.807) is 17.8 Å². The molecule has 0 radical (unpaired) electrons. The Balaban J connectivity index is 1.59. The summed E-state index contributed by atoms with van der Waals surface area (Å²) in [5.74, 6) is 0.160. The first-order valence-electron chi connectivity index (χ1n) is 11.2. The number of anilines is 1. The Hall–Kier alpha value is -2.66. The lowest BCUT2D eigenvalue weighted by atomic mass is 9.87. The average Bonchev–Trinajstić information content (AvgIpc) is 3.20. The predicted octanol–water partition coefficient (Wildman–Crippen LogP) is 6.60. The summed E-state index contributed by atoms with van der Waals surface area (Å²) >= 11 is 1.56. The number of nitrogens with zero attached hydrogens (tertiary/aromatic N) is 1. The zero-order chi connectivity index (χ0) is 23.3. The summed E-state index contributed by atoms with van der Waals surface area (Å²) in [7, 11) is 0. The monoisotopic (exact) mass is 450 g/mol. The first kappa shape index (κ1) is 24.0. The second-order valence-electron chi connectivity index (χ2n) is 9.13. The molecule has 0 saturated carbocycles. The SMILES string of the molecule is CCN(CCNC(=O)c1ccc(Sc2cc(C(C)(C)C)ccc2C)o1)c1cccc(C)c1. The third kappa shape index (κ3) is 6.19. The number of hydrogen-bond acceptors (Lipinski definition) is 4. The lowest BCUT2D eigenvalue weighted by Crippen LogP contribution is -2.34. The first-order chi connectivity index (χ1) is 15.2. The van der Waals surface area contributed by atoms with Crippen LogP contribution in [0, 0.1) is 13.8 Å². The highest BCUT2D eigenvalue weighted by Gasteiger charge is 2.17. The van der Waals surface area contributed by atoms with Crippen LogP contribution in [0.4, 0.5) is 5.69 Å². The molecule has 1 amide bonds. The molecular formula is C27H34N2O2S. The number of likely N-dealkylation sites (N-methyl/N-ethyl adjacent to an activating group) is 1. The van der Waals surface area contributed by atoms with E-state index >= 15 is 0 Å². The predicted molar refractivity (Wildman–Crippen MR) is 134 cm³/mol. The lowest BCUT2D eigenvalue weighted by Gasteiger charge is -2.23. The van der Waals surface area contributed by atoms with E-state index in [1.165, 1.54) is 22.4 Å². The summed E-state index contributed by atoms with van der Waals surface area (Å²) in [6.07, 6.45) is 0. The van der Waals surface area contributed by atoms with Crippen LogP contribution in [0.2, 0.25) is 0 Å². The molecule has 3 aromatic rings. The molecule has 0 bridgehead atoms. The Morgan fingerprint density at radius 3 is 2.53 bits per heavy atom. The van der Waals surface area contributed by atoms with Gasteiger partial charge in [0.2, 0.25) is 0 Å². The van der Waals surface area contributed by atoms with Crippen molar-refractivity contribution in [2.24, 2.45) is 0 Å². The van der Waals surface area contributed by atoms with Gasteiger partial charge in [0.05, 0.1) is 0 Å². The second kappa shape index (κ2) is 10.3. The normalized spacial score (nSPS) is 11.4. The standard InChI is InChI=1S/C27H34N2O2S/c1-7-29(22-10-8-9-19(2)17-22)16-15-28-26(30)23-13-14-25(31-23)32-24-18-21(27(4,5)6)12-11-20(24)3/h8-14,17-18H,7,15-16H2,1-6H3,(H,28,30). The minimum atomic E-state index is -0.183. The van der Waals surface area contributed by atoms with Crippen molar-refractivity contribution in [2.75, 3.05) is 24.5 Å². The van der Waals surface area contributed by atoms with Crippen LogP contribution < -0.4 is 10.2 Å². The summed E-state index contributed by atoms with van der Waals surface area (Å²) in [6.45, 7) is 15.1. The highest BCUT2D eigenvalue weighted by molar-refractivity contribution is 7.99. The van der Waals surface area contributed by atoms with Crippen LogP contribution in [0.1, 0.15) is 54.9 Å². The van der Waals surface area contributed by atoms with Gasteiger partial charge in [0.15, 0.2) is 10.9 Å². The van der Waals surface area contributed by atoms with E-state index in [4.69, 9.17) is 4.42 Å². The molecule has 0 aliphatic carbocycles. The number of amides is 1. The molecule has 0 spiro atoms. The third-order valence-electron chi connectivity index (χ3n) is 5.49. The summed E-state index contributed by atoms with van der Waals surface area (Å²) in [4.78, 5) is 16.0. The van der Waals surface area contributed by atoms with Gasteiger partial charge in [0, 0.05) is 30.2 Å². The Kier molecular flexibility index (Phi) is 7.73. The van der Waals surface area contributed by atoms with Crippen molar-refractivity contribution in [3.63, 3.8) is 0 Å². The molecular weight excluding hydrogens is 416 g/mol. The summed E-state index contributed by atoms with van der Waals surface area (Å²) in [6, 6.07) is 18.6. The molecule has 0 atom stereocenters. The van der Waals surface area contributed by atoms with Gasteiger partial charge in [0.25, 0.3) is 5.91 Å². The van der Waals surface area contributed by atoms with Crippen LogP contribution in [0.15, 0.2) is 69.0 Å². The zero-order valence-corrected chi connectivity index (χ0v) is 20.8. The molecule has 3 rings (SSSR count). The van der Waals surface area contributed by atoms with Crippen LogP contribution in [0.5, 0.6) is 0 Å². The van der Waals surface area contributed by atoms with Crippen molar-refractivity contribution in [1.82, 2.24) is 5.32 Å². The fourth-order valence-corrected chi connectivity index (χ4v) is 4.37. The van der Waals surface area contributed by atoms with Crippen molar-refractivity contribution in [2.45, 2.75) is 56.9 Å². The molecule has 1 aromatic heterocycles. The summed E-state index contributed by atoms with van der Waals surface area (Å²) in [5, 5.41) is 3.70. The highest BCUT2D eigenvalue weighted by atomic mass is 32.2. The number of furan rings is 1. The Bertz CT molecular complexity index is 1070. The van der Waals surface area contributed by atoms with E-state index < -0.39 is 0 Å². The summed E-state index contributed by atoms with van der Waals surface area (Å²) in [5.41, 5.74) is 4.97. The van der Waals surface area contributed by atoms with E-state index in [9.17, 15) is 4.79 Å². The molecule has 0 unspecified atom stereocenters. The van der Waals surface area contributed by atoms with Gasteiger partial charge in [-0.05, 0) is 73.2 Å². The number of benzene rings is 2. The smallest absolute Gasteiger partial charge is 0.287 e. The number of nitrogens with one attached hydrogen (secondary N) is 1. The van der Waals surface area contributed by atoms with Crippen molar-refractivity contribution in [3.8, 4) is 0 Å². The highest BCUT2D eigenvalue weighted by Crippen LogP contribution is 2.34. The van der Waals surface area contributed by atoms with E-state index in [0.29, 0.717) is 12.3 Å². The maximum Gasteiger partial charge on any atom is 0.287 e. The number of carbonyl (C=O) groups excluding carboxylic acids is 1. The van der Waals surface area contributed by atoms with E-state index in [0.717, 1.165) is 23.1 Å². The number of hydrogen-bond donors (Lipinski definition) is 1. The van der Waals surface area contributed by atoms with Gasteiger partial charge in [-0.3, -0.25) is 4.79 Å². The van der Waals surface area contributed by atoms with Gasteiger partial charge < -0.3 is 14.6 Å². The molecule has 5 heteroatoms. The zero-order valence-electron chi connectivity index (χ0n) is 20.0. The van der Waals surface area contributed by atoms with Gasteiger partial charge in [-0.25, -0.2) is 0 Å². The van der Waals surface area contributed by atoms with E-state index in [1.807, 2.05) is 6.07 Å². The molecule has 32 heavy (non-hydrogen) atoms. The fourth-order valence-electron chi connectivity index (χ4n) is 3.47. The van der Waals surface area contributed by atoms with Crippen molar-refractivity contribution < 1.29 is 9.21 Å². The van der Waals surface area contributed by atoms with E-state index in [-0.39, 0.29) is 11.3 Å². The van der Waals surface area contributed by atoms with Crippen LogP contribution in [0.3, 0.4) is 0 Å². The minimum absolute atomic E-state index is 0.0854. The van der Waals surface area contributed by atoms with Gasteiger partial charge >= 0.3 is 0 Å². The first-order valence-corrected chi connectivity index (χ1v) is 12.0. The van der Waals surface area contributed by atoms with Crippen molar-refractivity contribution in [1.29, 1.82) is 0 Å². The maximum atomic E-state index is 12.6. The lowest BCUT2D eigenvalue weighted by molar-refractivity contribution is 0.0922. The van der Waals surface area contributed by atoms with Crippen LogP contribution in [0.25, 0.3) is 0 Å². The van der Waals surface area contributed by atoms with Crippen molar-refractivity contribution in [3.05, 3.63) is 77.0 Å². The Morgan fingerprint density at radius 2 is 1.84 bits per heavy atom. The Morgan fingerprint density at radius 1 is 1.06 bits per heavy atom. The van der Waals surface area contributed by atoms with Gasteiger partial charge in [0.1, 0.15) is 0 Å². The van der Waals surface area contributed by atoms with Crippen LogP contribution in [-0.4, -0.2) is 25.5 Å². The quantitative estimate of drug-likeness (QED) is 0.420. The topological polar surface area (TPSA) is 45.5 Å². The minimum Gasteiger partial charge on any atom is -0.444 e. The molecule has 4 nitrogen and oxygen atoms in total. The second-order valence-corrected chi connectivity index (χ2v) is 10.2. The third-order valence-corrected chi connectivity index (χ3v) is 6.57. The number of rotatable bonds is 8.